The van der Waals surface area contributed by atoms with E-state index in [4.69, 9.17) is 0 Å². The molecule has 0 aromatic rings. The molecule has 2 unspecified atom stereocenters. The molecular weight excluding hydrogens is 304 g/mol. The maximum absolute atomic E-state index is 12.1. The summed E-state index contributed by atoms with van der Waals surface area (Å²) < 4.78 is 0. The largest absolute Gasteiger partial charge is 0.481 e. The number of hydrogen-bond donors (Lipinski definition) is 2. The molecule has 1 aliphatic rings. The van der Waals surface area contributed by atoms with Gasteiger partial charge in [-0.25, -0.2) is 0 Å². The van der Waals surface area contributed by atoms with Crippen molar-refractivity contribution in [2.45, 2.75) is 85.0 Å². The van der Waals surface area contributed by atoms with E-state index in [-0.39, 0.29) is 0 Å². The van der Waals surface area contributed by atoms with E-state index in [1.807, 2.05) is 12.2 Å². The summed E-state index contributed by atoms with van der Waals surface area (Å²) in [7, 11) is 0. The van der Waals surface area contributed by atoms with E-state index in [0.29, 0.717) is 25.7 Å². The number of carboxylic acids is 2. The first-order valence-electron chi connectivity index (χ1n) is 9.44. The van der Waals surface area contributed by atoms with E-state index < -0.39 is 22.8 Å². The van der Waals surface area contributed by atoms with Crippen molar-refractivity contribution >= 4 is 11.9 Å². The van der Waals surface area contributed by atoms with Gasteiger partial charge in [0.05, 0.1) is 10.8 Å². The van der Waals surface area contributed by atoms with Crippen LogP contribution in [0.25, 0.3) is 0 Å². The summed E-state index contributed by atoms with van der Waals surface area (Å²) in [6, 6.07) is 0. The first-order valence-corrected chi connectivity index (χ1v) is 9.44. The monoisotopic (exact) mass is 338 g/mol. The van der Waals surface area contributed by atoms with Gasteiger partial charge in [-0.1, -0.05) is 71.4 Å². The Morgan fingerprint density at radius 3 is 1.92 bits per heavy atom. The molecule has 0 saturated heterocycles. The zero-order valence-corrected chi connectivity index (χ0v) is 15.5. The molecular formula is C20H34O4. The quantitative estimate of drug-likeness (QED) is 0.397. The van der Waals surface area contributed by atoms with E-state index in [1.165, 1.54) is 19.3 Å². The normalized spacial score (nSPS) is 26.7. The summed E-state index contributed by atoms with van der Waals surface area (Å²) >= 11 is 0. The number of aliphatic carboxylic acids is 2. The van der Waals surface area contributed by atoms with E-state index >= 15 is 0 Å². The molecule has 4 heteroatoms. The number of hydrogen-bond acceptors (Lipinski definition) is 2. The molecule has 1 aliphatic carbocycles. The molecule has 0 spiro atoms. The smallest absolute Gasteiger partial charge is 0.311 e. The van der Waals surface area contributed by atoms with Crippen molar-refractivity contribution in [1.82, 2.24) is 0 Å². The SMILES string of the molecule is CCC1(C(=O)O)CC=CCC1(CCCCCCCC(C)C)C(=O)O. The van der Waals surface area contributed by atoms with E-state index in [0.717, 1.165) is 25.2 Å². The predicted octanol–water partition coefficient (Wildman–Crippen LogP) is 5.28. The molecule has 0 radical (unpaired) electrons. The summed E-state index contributed by atoms with van der Waals surface area (Å²) in [5.74, 6) is -1.18. The Hall–Kier alpha value is -1.32. The van der Waals surface area contributed by atoms with Gasteiger partial charge < -0.3 is 10.2 Å². The zero-order chi connectivity index (χ0) is 18.2. The molecule has 1 rings (SSSR count). The molecule has 0 aromatic carbocycles. The summed E-state index contributed by atoms with van der Waals surface area (Å²) in [5, 5.41) is 19.7. The Morgan fingerprint density at radius 2 is 1.42 bits per heavy atom. The summed E-state index contributed by atoms with van der Waals surface area (Å²) in [6.07, 6.45) is 11.7. The molecule has 2 N–H and O–H groups in total. The average Bonchev–Trinajstić information content (AvgIpc) is 2.53. The topological polar surface area (TPSA) is 74.6 Å². The van der Waals surface area contributed by atoms with Gasteiger partial charge in [0.1, 0.15) is 0 Å². The van der Waals surface area contributed by atoms with Gasteiger partial charge in [0.15, 0.2) is 0 Å². The molecule has 0 bridgehead atoms. The van der Waals surface area contributed by atoms with Crippen LogP contribution in [0.1, 0.15) is 85.0 Å². The van der Waals surface area contributed by atoms with Crippen LogP contribution in [0.5, 0.6) is 0 Å². The van der Waals surface area contributed by atoms with Crippen LogP contribution in [0.2, 0.25) is 0 Å². The van der Waals surface area contributed by atoms with Crippen LogP contribution in [0.3, 0.4) is 0 Å². The summed E-state index contributed by atoms with van der Waals surface area (Å²) in [4.78, 5) is 24.1. The average molecular weight is 338 g/mol. The molecule has 0 heterocycles. The van der Waals surface area contributed by atoms with Crippen LogP contribution in [0.15, 0.2) is 12.2 Å². The standard InChI is InChI=1S/C20H34O4/c1-4-19(17(21)22)13-10-11-15-20(19,18(23)24)14-9-7-5-6-8-12-16(2)3/h10-11,16H,4-9,12-15H2,1-3H3,(H,21,22)(H,23,24). The number of carbonyl (C=O) groups is 2. The highest BCUT2D eigenvalue weighted by atomic mass is 16.4. The lowest BCUT2D eigenvalue weighted by Crippen LogP contribution is -2.53. The molecule has 0 fully saturated rings. The van der Waals surface area contributed by atoms with Gasteiger partial charge in [0, 0.05) is 0 Å². The van der Waals surface area contributed by atoms with Crippen LogP contribution in [0.4, 0.5) is 0 Å². The van der Waals surface area contributed by atoms with Gasteiger partial charge in [-0.2, -0.15) is 0 Å². The molecule has 24 heavy (non-hydrogen) atoms. The lowest BCUT2D eigenvalue weighted by atomic mass is 9.54. The van der Waals surface area contributed by atoms with E-state index in [1.54, 1.807) is 6.92 Å². The van der Waals surface area contributed by atoms with Crippen LogP contribution in [-0.2, 0) is 9.59 Å². The fourth-order valence-corrected chi connectivity index (χ4v) is 4.14. The van der Waals surface area contributed by atoms with Crippen LogP contribution in [0, 0.1) is 16.7 Å². The fourth-order valence-electron chi connectivity index (χ4n) is 4.14. The molecule has 0 amide bonds. The van der Waals surface area contributed by atoms with Crippen molar-refractivity contribution in [3.8, 4) is 0 Å². The minimum Gasteiger partial charge on any atom is -0.481 e. The van der Waals surface area contributed by atoms with Crippen molar-refractivity contribution in [2.75, 3.05) is 0 Å². The van der Waals surface area contributed by atoms with Gasteiger partial charge in [0.25, 0.3) is 0 Å². The van der Waals surface area contributed by atoms with E-state index in [2.05, 4.69) is 13.8 Å². The number of carboxylic acid groups (broad SMARTS) is 2. The summed E-state index contributed by atoms with van der Waals surface area (Å²) in [6.45, 7) is 6.25. The molecule has 0 aliphatic heterocycles. The Kier molecular flexibility index (Phi) is 7.98. The van der Waals surface area contributed by atoms with Crippen molar-refractivity contribution < 1.29 is 19.8 Å². The van der Waals surface area contributed by atoms with Crippen LogP contribution in [-0.4, -0.2) is 22.2 Å². The second-order valence-electron chi connectivity index (χ2n) is 7.71. The number of unbranched alkanes of at least 4 members (excludes halogenated alkanes) is 4. The maximum Gasteiger partial charge on any atom is 0.311 e. The minimum atomic E-state index is -1.18. The van der Waals surface area contributed by atoms with Crippen LogP contribution >= 0.6 is 0 Å². The van der Waals surface area contributed by atoms with Gasteiger partial charge in [-0.15, -0.1) is 0 Å². The summed E-state index contributed by atoms with van der Waals surface area (Å²) in [5.41, 5.74) is -2.34. The highest BCUT2D eigenvalue weighted by Crippen LogP contribution is 2.54. The molecule has 4 nitrogen and oxygen atoms in total. The fraction of sp³-hybridized carbons (Fsp3) is 0.800. The van der Waals surface area contributed by atoms with Crippen molar-refractivity contribution in [3.05, 3.63) is 12.2 Å². The van der Waals surface area contributed by atoms with Crippen molar-refractivity contribution in [3.63, 3.8) is 0 Å². The Morgan fingerprint density at radius 1 is 0.917 bits per heavy atom. The van der Waals surface area contributed by atoms with Gasteiger partial charge in [0.2, 0.25) is 0 Å². The van der Waals surface area contributed by atoms with Gasteiger partial charge >= 0.3 is 11.9 Å². The lowest BCUT2D eigenvalue weighted by molar-refractivity contribution is -0.176. The number of rotatable bonds is 11. The Bertz CT molecular complexity index is 455. The van der Waals surface area contributed by atoms with Crippen molar-refractivity contribution in [2.24, 2.45) is 16.7 Å². The maximum atomic E-state index is 12.1. The van der Waals surface area contributed by atoms with Gasteiger partial charge in [-0.3, -0.25) is 9.59 Å². The second-order valence-corrected chi connectivity index (χ2v) is 7.71. The van der Waals surface area contributed by atoms with Crippen molar-refractivity contribution in [1.29, 1.82) is 0 Å². The lowest BCUT2D eigenvalue weighted by Gasteiger charge is -2.46. The third kappa shape index (κ3) is 4.40. The third-order valence-corrected chi connectivity index (χ3v) is 5.82. The molecule has 2 atom stereocenters. The predicted molar refractivity (Wildman–Crippen MR) is 96.0 cm³/mol. The second kappa shape index (κ2) is 9.24. The van der Waals surface area contributed by atoms with Gasteiger partial charge in [-0.05, 0) is 31.6 Å². The minimum absolute atomic E-state index is 0.319. The Balaban J connectivity index is 2.69. The molecule has 0 aromatic heterocycles. The third-order valence-electron chi connectivity index (χ3n) is 5.82. The first-order chi connectivity index (χ1) is 11.3. The highest BCUT2D eigenvalue weighted by Gasteiger charge is 2.59. The molecule has 138 valence electrons. The Labute approximate surface area is 146 Å². The molecule has 0 saturated carbocycles. The van der Waals surface area contributed by atoms with Crippen LogP contribution < -0.4 is 0 Å². The first kappa shape index (κ1) is 20.7. The highest BCUT2D eigenvalue weighted by molar-refractivity contribution is 5.87. The zero-order valence-electron chi connectivity index (χ0n) is 15.5. The number of allylic oxidation sites excluding steroid dienone is 2. The van der Waals surface area contributed by atoms with E-state index in [9.17, 15) is 19.8 Å².